The van der Waals surface area contributed by atoms with Crippen LogP contribution in [0.3, 0.4) is 0 Å². The Bertz CT molecular complexity index is 1000. The van der Waals surface area contributed by atoms with Crippen LogP contribution in [0.1, 0.15) is 13.8 Å². The number of fused-ring (bicyclic) bond motifs is 1. The number of furan rings is 1. The second-order valence-corrected chi connectivity index (χ2v) is 6.14. The Morgan fingerprint density at radius 2 is 1.88 bits per heavy atom. The molecule has 2 aromatic heterocycles. The molecule has 5 heteroatoms. The first-order chi connectivity index (χ1) is 12.1. The summed E-state index contributed by atoms with van der Waals surface area (Å²) in [5.74, 6) is 1.18. The van der Waals surface area contributed by atoms with Gasteiger partial charge in [-0.25, -0.2) is 4.39 Å². The average Bonchev–Trinajstić information content (AvgIpc) is 3.23. The van der Waals surface area contributed by atoms with Crippen molar-refractivity contribution < 1.29 is 13.5 Å². The summed E-state index contributed by atoms with van der Waals surface area (Å²) in [4.78, 5) is 0. The largest absolute Gasteiger partial charge is 0.490 e. The molecule has 0 bridgehead atoms. The van der Waals surface area contributed by atoms with Crippen LogP contribution < -0.4 is 4.74 Å². The lowest BCUT2D eigenvalue weighted by Crippen LogP contribution is -2.06. The summed E-state index contributed by atoms with van der Waals surface area (Å²) in [7, 11) is 0. The van der Waals surface area contributed by atoms with E-state index in [-0.39, 0.29) is 11.9 Å². The van der Waals surface area contributed by atoms with Crippen molar-refractivity contribution in [2.24, 2.45) is 0 Å². The number of hydrogen-bond acceptors (Lipinski definition) is 3. The smallest absolute Gasteiger partial charge is 0.135 e. The molecule has 0 aliphatic heterocycles. The summed E-state index contributed by atoms with van der Waals surface area (Å²) in [5, 5.41) is 7.91. The molecule has 25 heavy (non-hydrogen) atoms. The van der Waals surface area contributed by atoms with Crippen LogP contribution in [-0.2, 0) is 0 Å². The Hall–Kier alpha value is -3.08. The molecule has 0 spiro atoms. The number of hydrogen-bond donors (Lipinski definition) is 1. The van der Waals surface area contributed by atoms with E-state index in [1.54, 1.807) is 18.3 Å². The van der Waals surface area contributed by atoms with Crippen LogP contribution in [0.15, 0.2) is 59.1 Å². The Labute approximate surface area is 144 Å². The molecular weight excluding hydrogens is 319 g/mol. The molecule has 4 aromatic rings. The van der Waals surface area contributed by atoms with E-state index in [4.69, 9.17) is 9.15 Å². The van der Waals surface area contributed by atoms with Crippen molar-refractivity contribution in [1.82, 2.24) is 10.2 Å². The molecule has 0 saturated carbocycles. The molecule has 0 amide bonds. The lowest BCUT2D eigenvalue weighted by atomic mass is 10.1. The van der Waals surface area contributed by atoms with E-state index in [1.165, 1.54) is 12.1 Å². The molecule has 0 radical (unpaired) electrons. The first-order valence-electron chi connectivity index (χ1n) is 8.10. The van der Waals surface area contributed by atoms with Gasteiger partial charge in [-0.15, -0.1) is 0 Å². The first-order valence-corrected chi connectivity index (χ1v) is 8.10. The van der Waals surface area contributed by atoms with Gasteiger partial charge in [0.2, 0.25) is 0 Å². The Balaban J connectivity index is 1.85. The highest BCUT2D eigenvalue weighted by atomic mass is 19.1. The van der Waals surface area contributed by atoms with Gasteiger partial charge in [-0.1, -0.05) is 0 Å². The zero-order chi connectivity index (χ0) is 17.4. The third-order valence-electron chi connectivity index (χ3n) is 3.90. The van der Waals surface area contributed by atoms with Crippen LogP contribution in [0.4, 0.5) is 4.39 Å². The van der Waals surface area contributed by atoms with Crippen molar-refractivity contribution in [1.29, 1.82) is 0 Å². The van der Waals surface area contributed by atoms with Crippen LogP contribution in [0.2, 0.25) is 0 Å². The van der Waals surface area contributed by atoms with Gasteiger partial charge in [0.1, 0.15) is 22.9 Å². The van der Waals surface area contributed by atoms with Crippen molar-refractivity contribution >= 4 is 11.0 Å². The monoisotopic (exact) mass is 336 g/mol. The molecule has 126 valence electrons. The van der Waals surface area contributed by atoms with Crippen molar-refractivity contribution in [3.8, 4) is 28.3 Å². The van der Waals surface area contributed by atoms with E-state index in [9.17, 15) is 4.39 Å². The summed E-state index contributed by atoms with van der Waals surface area (Å²) < 4.78 is 25.1. The van der Waals surface area contributed by atoms with E-state index < -0.39 is 0 Å². The van der Waals surface area contributed by atoms with Crippen LogP contribution >= 0.6 is 0 Å². The maximum Gasteiger partial charge on any atom is 0.135 e. The second kappa shape index (κ2) is 6.09. The van der Waals surface area contributed by atoms with Gasteiger partial charge < -0.3 is 9.15 Å². The summed E-state index contributed by atoms with van der Waals surface area (Å²) in [6, 6.07) is 14.0. The quantitative estimate of drug-likeness (QED) is 0.541. The van der Waals surface area contributed by atoms with Crippen LogP contribution in [0, 0.1) is 5.82 Å². The molecule has 0 aliphatic carbocycles. The van der Waals surface area contributed by atoms with Gasteiger partial charge in [0.05, 0.1) is 11.8 Å². The number of aromatic amines is 1. The summed E-state index contributed by atoms with van der Waals surface area (Å²) in [6.45, 7) is 3.97. The van der Waals surface area contributed by atoms with E-state index in [0.717, 1.165) is 33.5 Å². The van der Waals surface area contributed by atoms with Gasteiger partial charge in [0, 0.05) is 22.7 Å². The highest BCUT2D eigenvalue weighted by molar-refractivity contribution is 5.89. The molecule has 1 N–H and O–H groups in total. The Kier molecular flexibility index (Phi) is 3.76. The summed E-state index contributed by atoms with van der Waals surface area (Å²) >= 11 is 0. The van der Waals surface area contributed by atoms with E-state index in [1.807, 2.05) is 38.1 Å². The maximum atomic E-state index is 13.1. The van der Waals surface area contributed by atoms with Gasteiger partial charge in [-0.05, 0) is 62.4 Å². The fourth-order valence-electron chi connectivity index (χ4n) is 2.79. The van der Waals surface area contributed by atoms with Gasteiger partial charge in [-0.3, -0.25) is 5.10 Å². The molecule has 0 aliphatic rings. The minimum atomic E-state index is -0.269. The standard InChI is InChI=1S/C20H17FN2O2/c1-12(2)24-20-10-14-9-18(13-3-5-15(21)6-4-13)25-19(14)11-16(20)17-7-8-22-23-17/h3-12H,1-2H3,(H,22,23). The minimum absolute atomic E-state index is 0.0441. The fourth-order valence-corrected chi connectivity index (χ4v) is 2.79. The van der Waals surface area contributed by atoms with Crippen LogP contribution in [-0.4, -0.2) is 16.3 Å². The molecule has 2 aromatic carbocycles. The minimum Gasteiger partial charge on any atom is -0.490 e. The highest BCUT2D eigenvalue weighted by Crippen LogP contribution is 2.37. The summed E-state index contributed by atoms with van der Waals surface area (Å²) in [6.07, 6.45) is 1.74. The molecule has 2 heterocycles. The van der Waals surface area contributed by atoms with Crippen molar-refractivity contribution in [2.75, 3.05) is 0 Å². The first kappa shape index (κ1) is 15.4. The zero-order valence-corrected chi connectivity index (χ0v) is 13.9. The topological polar surface area (TPSA) is 51.1 Å². The number of benzene rings is 2. The molecule has 4 rings (SSSR count). The molecule has 0 unspecified atom stereocenters. The van der Waals surface area contributed by atoms with E-state index in [0.29, 0.717) is 5.76 Å². The second-order valence-electron chi connectivity index (χ2n) is 6.14. The SMILES string of the molecule is CC(C)Oc1cc2cc(-c3ccc(F)cc3)oc2cc1-c1ccn[nH]1. The lowest BCUT2D eigenvalue weighted by Gasteiger charge is -2.13. The molecule has 0 saturated heterocycles. The number of H-pyrrole nitrogens is 1. The number of nitrogens with zero attached hydrogens (tertiary/aromatic N) is 1. The number of nitrogens with one attached hydrogen (secondary N) is 1. The average molecular weight is 336 g/mol. The summed E-state index contributed by atoms with van der Waals surface area (Å²) in [5.41, 5.74) is 3.31. The van der Waals surface area contributed by atoms with Gasteiger partial charge in [-0.2, -0.15) is 5.10 Å². The molecular formula is C20H17FN2O2. The number of aromatic nitrogens is 2. The van der Waals surface area contributed by atoms with Crippen molar-refractivity contribution in [3.63, 3.8) is 0 Å². The lowest BCUT2D eigenvalue weighted by molar-refractivity contribution is 0.243. The number of rotatable bonds is 4. The van der Waals surface area contributed by atoms with E-state index >= 15 is 0 Å². The van der Waals surface area contributed by atoms with Gasteiger partial charge in [0.15, 0.2) is 0 Å². The van der Waals surface area contributed by atoms with Crippen LogP contribution in [0.25, 0.3) is 33.6 Å². The maximum absolute atomic E-state index is 13.1. The van der Waals surface area contributed by atoms with Crippen LogP contribution in [0.5, 0.6) is 5.75 Å². The predicted octanol–water partition coefficient (Wildman–Crippen LogP) is 5.42. The third kappa shape index (κ3) is 3.01. The molecule has 0 atom stereocenters. The molecule has 0 fully saturated rings. The Morgan fingerprint density at radius 3 is 2.56 bits per heavy atom. The normalized spacial score (nSPS) is 11.4. The number of ether oxygens (including phenoxy) is 1. The highest BCUT2D eigenvalue weighted by Gasteiger charge is 2.15. The third-order valence-corrected chi connectivity index (χ3v) is 3.90. The zero-order valence-electron chi connectivity index (χ0n) is 13.9. The van der Waals surface area contributed by atoms with Crippen molar-refractivity contribution in [2.45, 2.75) is 20.0 Å². The number of halogens is 1. The van der Waals surface area contributed by atoms with Gasteiger partial charge in [0.25, 0.3) is 0 Å². The fraction of sp³-hybridized carbons (Fsp3) is 0.150. The predicted molar refractivity (Wildman–Crippen MR) is 95.0 cm³/mol. The van der Waals surface area contributed by atoms with E-state index in [2.05, 4.69) is 10.2 Å². The Morgan fingerprint density at radius 1 is 1.08 bits per heavy atom. The van der Waals surface area contributed by atoms with Gasteiger partial charge >= 0.3 is 0 Å². The molecule has 4 nitrogen and oxygen atoms in total. The van der Waals surface area contributed by atoms with Crippen molar-refractivity contribution in [3.05, 3.63) is 60.5 Å².